The van der Waals surface area contributed by atoms with E-state index in [1.165, 1.54) is 0 Å². The number of carbonyl (C=O) groups excluding carboxylic acids is 8. The van der Waals surface area contributed by atoms with E-state index in [9.17, 15) is 38.4 Å². The fraction of sp³-hybridized carbons (Fsp3) is 0.231. The molecule has 0 atom stereocenters. The van der Waals surface area contributed by atoms with Crippen LogP contribution >= 0.6 is 0 Å². The molecule has 1 aliphatic carbocycles. The number of benzene rings is 2. The Balaban J connectivity index is 2.51. The maximum Gasteiger partial charge on any atom is 0.308 e. The van der Waals surface area contributed by atoms with E-state index in [0.29, 0.717) is 0 Å². The molecule has 0 aromatic heterocycles. The van der Waals surface area contributed by atoms with Crippen LogP contribution < -0.4 is 28.4 Å². The third-order valence-corrected chi connectivity index (χ3v) is 4.84. The summed E-state index contributed by atoms with van der Waals surface area (Å²) in [5.41, 5.74) is -2.24. The summed E-state index contributed by atoms with van der Waals surface area (Å²) < 4.78 is 30.6. The lowest BCUT2D eigenvalue weighted by Crippen LogP contribution is -2.26. The molecule has 0 amide bonds. The van der Waals surface area contributed by atoms with Gasteiger partial charge in [-0.2, -0.15) is 0 Å². The van der Waals surface area contributed by atoms with E-state index in [4.69, 9.17) is 28.4 Å². The second-order valence-electron chi connectivity index (χ2n) is 8.13. The molecule has 0 saturated carbocycles. The Morgan fingerprint density at radius 3 is 0.925 bits per heavy atom. The van der Waals surface area contributed by atoms with E-state index < -0.39 is 104 Å². The number of ketones is 2. The summed E-state index contributed by atoms with van der Waals surface area (Å²) in [4.78, 5) is 98.9. The summed E-state index contributed by atoms with van der Waals surface area (Å²) in [5.74, 6) is -11.8. The highest BCUT2D eigenvalue weighted by Gasteiger charge is 2.42. The third kappa shape index (κ3) is 5.85. The largest absolute Gasteiger partial charge is 0.423 e. The minimum atomic E-state index is -1.06. The molecule has 0 N–H and O–H groups in total. The first-order chi connectivity index (χ1) is 18.6. The molecule has 40 heavy (non-hydrogen) atoms. The minimum absolute atomic E-state index is 0.525. The molecule has 2 aromatic carbocycles. The normalized spacial score (nSPS) is 11.4. The first-order valence-electron chi connectivity index (χ1n) is 11.2. The standard InChI is InChI=1S/C26H20O14/c1-9(27)35-17-7-15-19(25(39-13(5)31)23(17)37-11(3)29)22(34)16-8-18(36-10(2)28)24(38-12(4)30)26(40-14(6)32)20(16)21(15)33/h7-8H,1-6H3. The fourth-order valence-corrected chi connectivity index (χ4v) is 3.74. The van der Waals surface area contributed by atoms with Gasteiger partial charge in [-0.15, -0.1) is 0 Å². The summed E-state index contributed by atoms with van der Waals surface area (Å²) >= 11 is 0. The van der Waals surface area contributed by atoms with Crippen molar-refractivity contribution in [2.75, 3.05) is 0 Å². The number of rotatable bonds is 6. The van der Waals surface area contributed by atoms with Gasteiger partial charge in [-0.25, -0.2) is 0 Å². The van der Waals surface area contributed by atoms with Gasteiger partial charge < -0.3 is 28.4 Å². The Morgan fingerprint density at radius 2 is 0.675 bits per heavy atom. The van der Waals surface area contributed by atoms with Crippen molar-refractivity contribution in [2.45, 2.75) is 41.5 Å². The van der Waals surface area contributed by atoms with Crippen LogP contribution in [0.25, 0.3) is 0 Å². The number of esters is 6. The molecule has 14 heteroatoms. The predicted molar refractivity (Wildman–Crippen MR) is 128 cm³/mol. The van der Waals surface area contributed by atoms with Crippen LogP contribution in [0.2, 0.25) is 0 Å². The molecule has 208 valence electrons. The molecule has 14 nitrogen and oxygen atoms in total. The van der Waals surface area contributed by atoms with E-state index in [1.54, 1.807) is 0 Å². The van der Waals surface area contributed by atoms with E-state index in [0.717, 1.165) is 53.7 Å². The number of fused-ring (bicyclic) bond motifs is 2. The zero-order chi connectivity index (χ0) is 30.0. The van der Waals surface area contributed by atoms with Crippen molar-refractivity contribution in [1.82, 2.24) is 0 Å². The maximum absolute atomic E-state index is 13.9. The zero-order valence-corrected chi connectivity index (χ0v) is 21.9. The topological polar surface area (TPSA) is 192 Å². The van der Waals surface area contributed by atoms with Gasteiger partial charge in [-0.05, 0) is 12.1 Å². The molecule has 0 unspecified atom stereocenters. The van der Waals surface area contributed by atoms with Gasteiger partial charge >= 0.3 is 35.8 Å². The SMILES string of the molecule is CC(=O)Oc1cc2c(c(OC(C)=O)c1OC(C)=O)C(=O)c1cc(OC(C)=O)c(OC(C)=O)c(OC(C)=O)c1C2=O. The molecular formula is C26H20O14. The number of hydrogen-bond acceptors (Lipinski definition) is 14. The van der Waals surface area contributed by atoms with Crippen LogP contribution in [0, 0.1) is 0 Å². The summed E-state index contributed by atoms with van der Waals surface area (Å²) in [5, 5.41) is 0. The van der Waals surface area contributed by atoms with Crippen LogP contribution in [0.4, 0.5) is 0 Å². The first-order valence-corrected chi connectivity index (χ1v) is 11.2. The summed E-state index contributed by atoms with van der Waals surface area (Å²) in [6, 6.07) is 1.77. The molecule has 1 aliphatic rings. The summed E-state index contributed by atoms with van der Waals surface area (Å²) in [6.07, 6.45) is 0. The zero-order valence-electron chi connectivity index (χ0n) is 21.9. The first kappa shape index (κ1) is 29.2. The fourth-order valence-electron chi connectivity index (χ4n) is 3.74. The third-order valence-electron chi connectivity index (χ3n) is 4.84. The van der Waals surface area contributed by atoms with Gasteiger partial charge in [0.15, 0.2) is 34.6 Å². The quantitative estimate of drug-likeness (QED) is 0.316. The van der Waals surface area contributed by atoms with Crippen LogP contribution in [0.1, 0.15) is 73.4 Å². The highest BCUT2D eigenvalue weighted by molar-refractivity contribution is 6.31. The van der Waals surface area contributed by atoms with Gasteiger partial charge in [0.25, 0.3) is 0 Å². The van der Waals surface area contributed by atoms with Crippen molar-refractivity contribution in [1.29, 1.82) is 0 Å². The second kappa shape index (κ2) is 11.1. The van der Waals surface area contributed by atoms with Crippen LogP contribution in [0.5, 0.6) is 34.5 Å². The van der Waals surface area contributed by atoms with Gasteiger partial charge in [0.05, 0.1) is 11.1 Å². The maximum atomic E-state index is 13.9. The van der Waals surface area contributed by atoms with E-state index in [-0.39, 0.29) is 0 Å². The van der Waals surface area contributed by atoms with Crippen molar-refractivity contribution >= 4 is 47.4 Å². The molecule has 0 aliphatic heterocycles. The van der Waals surface area contributed by atoms with E-state index >= 15 is 0 Å². The summed E-state index contributed by atoms with van der Waals surface area (Å²) in [6.45, 7) is 5.84. The molecule has 0 bridgehead atoms. The van der Waals surface area contributed by atoms with Crippen molar-refractivity contribution in [2.24, 2.45) is 0 Å². The number of ether oxygens (including phenoxy) is 6. The molecule has 0 spiro atoms. The molecule has 0 fully saturated rings. The molecular weight excluding hydrogens is 536 g/mol. The summed E-state index contributed by atoms with van der Waals surface area (Å²) in [7, 11) is 0. The van der Waals surface area contributed by atoms with Gasteiger partial charge in [-0.3, -0.25) is 38.4 Å². The Bertz CT molecular complexity index is 1430. The van der Waals surface area contributed by atoms with Crippen molar-refractivity contribution in [3.05, 3.63) is 34.4 Å². The highest BCUT2D eigenvalue weighted by atomic mass is 16.6. The molecule has 0 heterocycles. The monoisotopic (exact) mass is 556 g/mol. The predicted octanol–water partition coefficient (Wildman–Crippen LogP) is 2.01. The van der Waals surface area contributed by atoms with Crippen molar-refractivity contribution < 1.29 is 66.8 Å². The molecule has 3 rings (SSSR count). The Kier molecular flexibility index (Phi) is 8.13. The Morgan fingerprint density at radius 1 is 0.425 bits per heavy atom. The molecule has 2 aromatic rings. The van der Waals surface area contributed by atoms with E-state index in [1.807, 2.05) is 0 Å². The Labute approximate surface area is 225 Å². The lowest BCUT2D eigenvalue weighted by Gasteiger charge is -2.25. The highest BCUT2D eigenvalue weighted by Crippen LogP contribution is 2.51. The van der Waals surface area contributed by atoms with Gasteiger partial charge in [0.1, 0.15) is 0 Å². The van der Waals surface area contributed by atoms with Crippen molar-refractivity contribution in [3.8, 4) is 34.5 Å². The number of hydrogen-bond donors (Lipinski definition) is 0. The van der Waals surface area contributed by atoms with Crippen LogP contribution in [-0.4, -0.2) is 47.4 Å². The van der Waals surface area contributed by atoms with Crippen LogP contribution in [-0.2, 0) is 28.8 Å². The smallest absolute Gasteiger partial charge is 0.308 e. The lowest BCUT2D eigenvalue weighted by atomic mass is 9.82. The second-order valence-corrected chi connectivity index (χ2v) is 8.13. The Hall–Kier alpha value is -5.40. The van der Waals surface area contributed by atoms with Gasteiger partial charge in [-0.1, -0.05) is 0 Å². The average molecular weight is 556 g/mol. The molecule has 0 radical (unpaired) electrons. The molecule has 0 saturated heterocycles. The van der Waals surface area contributed by atoms with Crippen LogP contribution in [0.3, 0.4) is 0 Å². The van der Waals surface area contributed by atoms with Gasteiger partial charge in [0.2, 0.25) is 11.5 Å². The van der Waals surface area contributed by atoms with Crippen LogP contribution in [0.15, 0.2) is 12.1 Å². The lowest BCUT2D eigenvalue weighted by molar-refractivity contribution is -0.135. The van der Waals surface area contributed by atoms with E-state index in [2.05, 4.69) is 0 Å². The average Bonchev–Trinajstić information content (AvgIpc) is 2.79. The van der Waals surface area contributed by atoms with Gasteiger partial charge in [0, 0.05) is 52.7 Å². The number of carbonyl (C=O) groups is 8. The minimum Gasteiger partial charge on any atom is -0.423 e. The van der Waals surface area contributed by atoms with Crippen molar-refractivity contribution in [3.63, 3.8) is 0 Å².